The molecule has 2 aromatic carbocycles. The van der Waals surface area contributed by atoms with Crippen molar-refractivity contribution in [2.75, 3.05) is 20.2 Å². The summed E-state index contributed by atoms with van der Waals surface area (Å²) in [5, 5.41) is 9.97. The minimum Gasteiger partial charge on any atom is -0.506 e. The summed E-state index contributed by atoms with van der Waals surface area (Å²) in [6.07, 6.45) is 0.0193. The van der Waals surface area contributed by atoms with Crippen LogP contribution in [0.4, 0.5) is 0 Å². The minimum atomic E-state index is -1.21. The van der Waals surface area contributed by atoms with Crippen molar-refractivity contribution in [2.24, 2.45) is 11.5 Å². The van der Waals surface area contributed by atoms with E-state index in [-0.39, 0.29) is 29.2 Å². The van der Waals surface area contributed by atoms with Crippen molar-refractivity contribution in [3.63, 3.8) is 0 Å². The summed E-state index contributed by atoms with van der Waals surface area (Å²) in [6.45, 7) is -0.906. The Morgan fingerprint density at radius 3 is 1.82 bits per heavy atom. The van der Waals surface area contributed by atoms with Crippen LogP contribution in [0.3, 0.4) is 0 Å². The van der Waals surface area contributed by atoms with Crippen molar-refractivity contribution in [1.82, 2.24) is 4.90 Å². The van der Waals surface area contributed by atoms with Gasteiger partial charge in [-0.2, -0.15) is 0 Å². The van der Waals surface area contributed by atoms with Crippen molar-refractivity contribution in [1.29, 1.82) is 0 Å². The summed E-state index contributed by atoms with van der Waals surface area (Å²) in [5.74, 6) is -0.841. The number of nitrogens with two attached hydrogens (primary N) is 2. The number of hydrogen-bond donors (Lipinski definition) is 3. The maximum Gasteiger partial charge on any atom is 0.329 e. The number of benzene rings is 2. The summed E-state index contributed by atoms with van der Waals surface area (Å²) in [6, 6.07) is 5.83. The Balaban J connectivity index is 0.00000578. The first-order valence-electron chi connectivity index (χ1n) is 9.20. The number of halogens is 5. The van der Waals surface area contributed by atoms with Crippen LogP contribution in [0.5, 0.6) is 17.2 Å². The number of phenols is 1. The fourth-order valence-corrected chi connectivity index (χ4v) is 6.70. The third-order valence-electron chi connectivity index (χ3n) is 4.37. The molecule has 1 atom stereocenters. The summed E-state index contributed by atoms with van der Waals surface area (Å²) in [4.78, 5) is 37.9. The van der Waals surface area contributed by atoms with Crippen LogP contribution in [-0.4, -0.2) is 54.0 Å². The zero-order valence-corrected chi connectivity index (χ0v) is 27.9. The predicted molar refractivity (Wildman–Crippen MR) is 165 cm³/mol. The van der Waals surface area contributed by atoms with Crippen molar-refractivity contribution in [3.05, 3.63) is 44.1 Å². The average Bonchev–Trinajstić information content (AvgIpc) is 2.78. The molecule has 0 aliphatic heterocycles. The molecule has 1 unspecified atom stereocenters. The zero-order valence-electron chi connectivity index (χ0n) is 17.5. The van der Waals surface area contributed by atoms with Crippen molar-refractivity contribution in [2.45, 2.75) is 12.5 Å². The van der Waals surface area contributed by atoms with Crippen molar-refractivity contribution in [3.8, 4) is 17.2 Å². The second kappa shape index (κ2) is 14.6. The molecule has 2 amide bonds. The number of imide groups is 1. The second-order valence-corrected chi connectivity index (χ2v) is 11.2. The number of phenolic OH excluding ortho intramolecular Hbond substituents is 1. The van der Waals surface area contributed by atoms with E-state index in [1.54, 1.807) is 24.3 Å². The standard InChI is InChI=1S/C20H19I4N3O6.BrH/c1-32-20(31)15(27(16(28)7-25)17(29)8-26)4-9-2-13(23)19(14(24)3-9)33-10-5-11(21)18(30)12(22)6-10;/h2-3,5-6,15,30H,4,7-8,25-26H2,1H3;1H. The molecule has 2 rings (SSSR count). The van der Waals surface area contributed by atoms with Gasteiger partial charge < -0.3 is 26.0 Å². The first kappa shape index (κ1) is 32.0. The minimum absolute atomic E-state index is 0. The highest BCUT2D eigenvalue weighted by Crippen LogP contribution is 2.37. The lowest BCUT2D eigenvalue weighted by molar-refractivity contribution is -0.158. The third kappa shape index (κ3) is 7.98. The molecule has 0 saturated heterocycles. The summed E-state index contributed by atoms with van der Waals surface area (Å²) >= 11 is 8.27. The molecule has 0 fully saturated rings. The van der Waals surface area contributed by atoms with Crippen LogP contribution in [0.2, 0.25) is 0 Å². The monoisotopic (exact) mass is 985 g/mol. The van der Waals surface area contributed by atoms with E-state index < -0.39 is 36.9 Å². The van der Waals surface area contributed by atoms with Gasteiger partial charge in [0, 0.05) is 6.42 Å². The van der Waals surface area contributed by atoms with Gasteiger partial charge in [0.2, 0.25) is 11.8 Å². The van der Waals surface area contributed by atoms with Crippen LogP contribution in [0.25, 0.3) is 0 Å². The Labute approximate surface area is 261 Å². The van der Waals surface area contributed by atoms with Crippen molar-refractivity contribution >= 4 is 125 Å². The first-order chi connectivity index (χ1) is 15.5. The van der Waals surface area contributed by atoms with Crippen LogP contribution in [-0.2, 0) is 25.5 Å². The van der Waals surface area contributed by atoms with E-state index in [0.717, 1.165) is 12.0 Å². The molecule has 2 aromatic rings. The molecule has 0 spiro atoms. The number of amides is 2. The van der Waals surface area contributed by atoms with Gasteiger partial charge in [-0.3, -0.25) is 14.5 Å². The van der Waals surface area contributed by atoms with Crippen LogP contribution in [0, 0.1) is 14.3 Å². The normalized spacial score (nSPS) is 11.3. The quantitative estimate of drug-likeness (QED) is 0.270. The average molecular weight is 986 g/mol. The Bertz CT molecular complexity index is 1030. The zero-order chi connectivity index (χ0) is 24.9. The lowest BCUT2D eigenvalue weighted by Crippen LogP contribution is -2.54. The SMILES string of the molecule is Br.COC(=O)C(Cc1cc(I)c(Oc2cc(I)c(O)c(I)c2)c(I)c1)N(C(=O)CN)C(=O)CN. The van der Waals surface area contributed by atoms with E-state index in [9.17, 15) is 19.5 Å². The number of nitrogens with zero attached hydrogens (tertiary/aromatic N) is 1. The summed E-state index contributed by atoms with van der Waals surface area (Å²) in [5.41, 5.74) is 11.6. The number of aromatic hydroxyl groups is 1. The molecular weight excluding hydrogens is 966 g/mol. The lowest BCUT2D eigenvalue weighted by atomic mass is 10.0. The van der Waals surface area contributed by atoms with Crippen LogP contribution in [0.1, 0.15) is 5.56 Å². The van der Waals surface area contributed by atoms with E-state index >= 15 is 0 Å². The number of carbonyl (C=O) groups excluding carboxylic acids is 3. The number of hydrogen-bond acceptors (Lipinski definition) is 8. The lowest BCUT2D eigenvalue weighted by Gasteiger charge is -2.28. The number of methoxy groups -OCH3 is 1. The van der Waals surface area contributed by atoms with Gasteiger partial charge in [-0.05, 0) is 120 Å². The second-order valence-electron chi connectivity index (χ2n) is 6.53. The molecule has 0 aromatic heterocycles. The molecule has 0 saturated carbocycles. The maximum absolute atomic E-state index is 12.5. The van der Waals surface area contributed by atoms with Gasteiger partial charge in [-0.15, -0.1) is 17.0 Å². The van der Waals surface area contributed by atoms with Gasteiger partial charge in [-0.25, -0.2) is 4.79 Å². The van der Waals surface area contributed by atoms with Crippen LogP contribution < -0.4 is 16.2 Å². The Morgan fingerprint density at radius 2 is 1.41 bits per heavy atom. The van der Waals surface area contributed by atoms with Gasteiger partial charge in [0.15, 0.2) is 5.75 Å². The summed E-state index contributed by atoms with van der Waals surface area (Å²) in [7, 11) is 1.18. The molecule has 0 bridgehead atoms. The van der Waals surface area contributed by atoms with E-state index in [0.29, 0.717) is 24.2 Å². The molecule has 0 aliphatic carbocycles. The van der Waals surface area contributed by atoms with Gasteiger partial charge in [0.1, 0.15) is 17.5 Å². The van der Waals surface area contributed by atoms with E-state index in [1.165, 1.54) is 7.11 Å². The summed E-state index contributed by atoms with van der Waals surface area (Å²) < 4.78 is 13.7. The highest BCUT2D eigenvalue weighted by Gasteiger charge is 2.34. The van der Waals surface area contributed by atoms with Gasteiger partial charge >= 0.3 is 5.97 Å². The largest absolute Gasteiger partial charge is 0.506 e. The Kier molecular flexibility index (Phi) is 13.8. The topological polar surface area (TPSA) is 145 Å². The number of esters is 1. The third-order valence-corrected chi connectivity index (χ3v) is 7.62. The number of rotatable bonds is 8. The van der Waals surface area contributed by atoms with Crippen LogP contribution in [0.15, 0.2) is 24.3 Å². The number of carbonyl (C=O) groups is 3. The molecule has 9 nitrogen and oxygen atoms in total. The molecule has 0 aliphatic rings. The molecule has 14 heteroatoms. The molecule has 0 heterocycles. The van der Waals surface area contributed by atoms with Gasteiger partial charge in [0.05, 0.1) is 34.5 Å². The van der Waals surface area contributed by atoms with Crippen molar-refractivity contribution < 1.29 is 29.0 Å². The molecule has 34 heavy (non-hydrogen) atoms. The first-order valence-corrected chi connectivity index (χ1v) is 13.5. The van der Waals surface area contributed by atoms with E-state index in [1.807, 2.05) is 45.2 Å². The molecule has 0 radical (unpaired) electrons. The molecule has 186 valence electrons. The van der Waals surface area contributed by atoms with Gasteiger partial charge in [0.25, 0.3) is 0 Å². The van der Waals surface area contributed by atoms with Crippen LogP contribution >= 0.6 is 107 Å². The highest BCUT2D eigenvalue weighted by atomic mass is 127. The van der Waals surface area contributed by atoms with E-state index in [2.05, 4.69) is 45.2 Å². The predicted octanol–water partition coefficient (Wildman–Crippen LogP) is 3.54. The fourth-order valence-electron chi connectivity index (χ4n) is 2.87. The Hall–Kier alpha value is -0.0300. The van der Waals surface area contributed by atoms with Gasteiger partial charge in [-0.1, -0.05) is 0 Å². The molecule has 5 N–H and O–H groups in total. The van der Waals surface area contributed by atoms with E-state index in [4.69, 9.17) is 20.9 Å². The maximum atomic E-state index is 12.5. The smallest absolute Gasteiger partial charge is 0.329 e. The number of ether oxygens (including phenoxy) is 2. The fraction of sp³-hybridized carbons (Fsp3) is 0.250. The Morgan fingerprint density at radius 1 is 0.941 bits per heavy atom. The molecular formula is C20H20BrI4N3O6. The highest BCUT2D eigenvalue weighted by molar-refractivity contribution is 14.1.